The second-order valence-electron chi connectivity index (χ2n) is 5.25. The van der Waals surface area contributed by atoms with Gasteiger partial charge in [-0.3, -0.25) is 4.68 Å². The summed E-state index contributed by atoms with van der Waals surface area (Å²) in [5, 5.41) is 8.35. The molecule has 0 atom stereocenters. The Bertz CT molecular complexity index is 581. The molecule has 0 saturated heterocycles. The topological polar surface area (TPSA) is 39.1 Å². The molecule has 0 spiro atoms. The Balaban J connectivity index is 2.06. The summed E-state index contributed by atoms with van der Waals surface area (Å²) < 4.78 is 7.80. The molecule has 5 heteroatoms. The van der Waals surface area contributed by atoms with Gasteiger partial charge in [-0.15, -0.1) is 0 Å². The number of benzene rings is 1. The number of aryl methyl sites for hydroxylation is 1. The molecule has 0 aliphatic carbocycles. The molecule has 1 aromatic heterocycles. The highest BCUT2D eigenvalue weighted by atomic mass is 35.5. The van der Waals surface area contributed by atoms with E-state index in [1.54, 1.807) is 0 Å². The molecule has 1 heterocycles. The maximum absolute atomic E-state index is 6.28. The Morgan fingerprint density at radius 3 is 2.86 bits per heavy atom. The molecule has 0 aliphatic heterocycles. The molecule has 4 nitrogen and oxygen atoms in total. The quantitative estimate of drug-likeness (QED) is 0.849. The average Bonchev–Trinajstić information content (AvgIpc) is 2.92. The molecule has 2 rings (SSSR count). The smallest absolute Gasteiger partial charge is 0.125 e. The van der Waals surface area contributed by atoms with E-state index in [2.05, 4.69) is 31.2 Å². The van der Waals surface area contributed by atoms with E-state index in [-0.39, 0.29) is 0 Å². The molecule has 0 aliphatic rings. The fourth-order valence-electron chi connectivity index (χ4n) is 1.97. The summed E-state index contributed by atoms with van der Waals surface area (Å²) in [6.45, 7) is 8.33. The normalized spacial score (nSPS) is 11.1. The van der Waals surface area contributed by atoms with Crippen LogP contribution in [0.2, 0.25) is 5.02 Å². The van der Waals surface area contributed by atoms with Crippen LogP contribution in [0.5, 0.6) is 5.75 Å². The third kappa shape index (κ3) is 4.48. The van der Waals surface area contributed by atoms with Gasteiger partial charge in [0.25, 0.3) is 0 Å². The molecular formula is C16H22ClN3O. The van der Waals surface area contributed by atoms with Gasteiger partial charge in [0, 0.05) is 41.5 Å². The third-order valence-electron chi connectivity index (χ3n) is 3.17. The Hall–Kier alpha value is -1.52. The van der Waals surface area contributed by atoms with Crippen molar-refractivity contribution >= 4 is 11.6 Å². The Kier molecular flexibility index (Phi) is 5.65. The van der Waals surface area contributed by atoms with Crippen LogP contribution in [0.15, 0.2) is 30.6 Å². The van der Waals surface area contributed by atoms with Gasteiger partial charge in [-0.05, 0) is 19.1 Å². The highest BCUT2D eigenvalue weighted by Gasteiger charge is 2.09. The molecule has 114 valence electrons. The largest absolute Gasteiger partial charge is 0.488 e. The predicted octanol–water partition coefficient (Wildman–Crippen LogP) is 3.63. The molecule has 0 unspecified atom stereocenters. The van der Waals surface area contributed by atoms with Crippen LogP contribution in [0.25, 0.3) is 0 Å². The van der Waals surface area contributed by atoms with Crippen molar-refractivity contribution in [1.29, 1.82) is 0 Å². The van der Waals surface area contributed by atoms with E-state index < -0.39 is 0 Å². The summed E-state index contributed by atoms with van der Waals surface area (Å²) in [7, 11) is 0. The van der Waals surface area contributed by atoms with Crippen molar-refractivity contribution in [3.63, 3.8) is 0 Å². The van der Waals surface area contributed by atoms with Gasteiger partial charge in [-0.2, -0.15) is 5.10 Å². The van der Waals surface area contributed by atoms with Crippen LogP contribution >= 0.6 is 11.6 Å². The van der Waals surface area contributed by atoms with E-state index >= 15 is 0 Å². The molecule has 21 heavy (non-hydrogen) atoms. The van der Waals surface area contributed by atoms with Crippen molar-refractivity contribution in [3.8, 4) is 5.75 Å². The number of nitrogens with one attached hydrogen (secondary N) is 1. The van der Waals surface area contributed by atoms with Crippen molar-refractivity contribution in [2.24, 2.45) is 0 Å². The van der Waals surface area contributed by atoms with Gasteiger partial charge >= 0.3 is 0 Å². The summed E-state index contributed by atoms with van der Waals surface area (Å²) in [4.78, 5) is 0. The first-order valence-electron chi connectivity index (χ1n) is 7.25. The van der Waals surface area contributed by atoms with E-state index in [0.29, 0.717) is 19.2 Å². The lowest BCUT2D eigenvalue weighted by molar-refractivity contribution is 0.301. The van der Waals surface area contributed by atoms with Crippen molar-refractivity contribution in [2.45, 2.75) is 46.5 Å². The minimum Gasteiger partial charge on any atom is -0.488 e. The van der Waals surface area contributed by atoms with Crippen molar-refractivity contribution in [3.05, 3.63) is 46.7 Å². The standard InChI is InChI=1S/C16H22ClN3O/c1-4-20-10-13(8-19-20)11-21-16-7-5-6-15(17)14(16)9-18-12(2)3/h5-8,10,12,18H,4,9,11H2,1-3H3. The lowest BCUT2D eigenvalue weighted by Crippen LogP contribution is -2.22. The van der Waals surface area contributed by atoms with Gasteiger partial charge in [-0.1, -0.05) is 31.5 Å². The fourth-order valence-corrected chi connectivity index (χ4v) is 2.20. The van der Waals surface area contributed by atoms with Crippen molar-refractivity contribution < 1.29 is 4.74 Å². The molecular weight excluding hydrogens is 286 g/mol. The van der Waals surface area contributed by atoms with Crippen LogP contribution in [0, 0.1) is 0 Å². The van der Waals surface area contributed by atoms with E-state index in [1.165, 1.54) is 0 Å². The van der Waals surface area contributed by atoms with E-state index in [0.717, 1.165) is 28.4 Å². The summed E-state index contributed by atoms with van der Waals surface area (Å²) in [6.07, 6.45) is 3.83. The molecule has 1 N–H and O–H groups in total. The molecule has 0 bridgehead atoms. The molecule has 0 radical (unpaired) electrons. The fraction of sp³-hybridized carbons (Fsp3) is 0.438. The number of hydrogen-bond donors (Lipinski definition) is 1. The van der Waals surface area contributed by atoms with Gasteiger partial charge in [0.2, 0.25) is 0 Å². The minimum atomic E-state index is 0.400. The number of aromatic nitrogens is 2. The predicted molar refractivity (Wildman–Crippen MR) is 85.7 cm³/mol. The lowest BCUT2D eigenvalue weighted by Gasteiger charge is -2.14. The number of rotatable bonds is 7. The zero-order valence-corrected chi connectivity index (χ0v) is 13.5. The van der Waals surface area contributed by atoms with Crippen LogP contribution in [0.3, 0.4) is 0 Å². The van der Waals surface area contributed by atoms with Crippen LogP contribution in [-0.2, 0) is 19.7 Å². The van der Waals surface area contributed by atoms with Crippen LogP contribution in [0.4, 0.5) is 0 Å². The monoisotopic (exact) mass is 307 g/mol. The van der Waals surface area contributed by atoms with Gasteiger partial charge < -0.3 is 10.1 Å². The minimum absolute atomic E-state index is 0.400. The second-order valence-corrected chi connectivity index (χ2v) is 5.65. The first-order valence-corrected chi connectivity index (χ1v) is 7.62. The van der Waals surface area contributed by atoms with E-state index in [9.17, 15) is 0 Å². The Labute approximate surface area is 131 Å². The van der Waals surface area contributed by atoms with Crippen LogP contribution < -0.4 is 10.1 Å². The Morgan fingerprint density at radius 2 is 2.19 bits per heavy atom. The first kappa shape index (κ1) is 15.9. The SMILES string of the molecule is CCn1cc(COc2cccc(Cl)c2CNC(C)C)cn1. The highest BCUT2D eigenvalue weighted by Crippen LogP contribution is 2.27. The van der Waals surface area contributed by atoms with Crippen molar-refractivity contribution in [1.82, 2.24) is 15.1 Å². The Morgan fingerprint density at radius 1 is 1.38 bits per heavy atom. The summed E-state index contributed by atoms with van der Waals surface area (Å²) >= 11 is 6.28. The summed E-state index contributed by atoms with van der Waals surface area (Å²) in [6, 6.07) is 6.15. The van der Waals surface area contributed by atoms with Gasteiger partial charge in [0.1, 0.15) is 12.4 Å². The van der Waals surface area contributed by atoms with E-state index in [1.807, 2.05) is 35.3 Å². The number of nitrogens with zero attached hydrogens (tertiary/aromatic N) is 2. The van der Waals surface area contributed by atoms with Crippen LogP contribution in [-0.4, -0.2) is 15.8 Å². The molecule has 0 amide bonds. The number of ether oxygens (including phenoxy) is 1. The molecule has 0 fully saturated rings. The van der Waals surface area contributed by atoms with Gasteiger partial charge in [-0.25, -0.2) is 0 Å². The van der Waals surface area contributed by atoms with Crippen molar-refractivity contribution in [2.75, 3.05) is 0 Å². The highest BCUT2D eigenvalue weighted by molar-refractivity contribution is 6.31. The molecule has 0 saturated carbocycles. The first-order chi connectivity index (χ1) is 10.1. The zero-order valence-electron chi connectivity index (χ0n) is 12.8. The van der Waals surface area contributed by atoms with Crippen LogP contribution in [0.1, 0.15) is 31.9 Å². The summed E-state index contributed by atoms with van der Waals surface area (Å²) in [5.41, 5.74) is 2.05. The number of hydrogen-bond acceptors (Lipinski definition) is 3. The maximum Gasteiger partial charge on any atom is 0.125 e. The third-order valence-corrected chi connectivity index (χ3v) is 3.52. The van der Waals surface area contributed by atoms with E-state index in [4.69, 9.17) is 16.3 Å². The lowest BCUT2D eigenvalue weighted by atomic mass is 10.2. The number of halogens is 1. The average molecular weight is 308 g/mol. The molecule has 2 aromatic rings. The maximum atomic E-state index is 6.28. The zero-order chi connectivity index (χ0) is 15.2. The molecule has 1 aromatic carbocycles. The second kappa shape index (κ2) is 7.48. The van der Waals surface area contributed by atoms with Gasteiger partial charge in [0.05, 0.1) is 6.20 Å². The van der Waals surface area contributed by atoms with Gasteiger partial charge in [0.15, 0.2) is 0 Å². The summed E-state index contributed by atoms with van der Waals surface area (Å²) in [5.74, 6) is 0.819.